The largest absolute Gasteiger partial charge is 0.459 e. The lowest BCUT2D eigenvalue weighted by Crippen LogP contribution is -2.52. The van der Waals surface area contributed by atoms with Gasteiger partial charge in [0.25, 0.3) is 5.91 Å². The third-order valence-electron chi connectivity index (χ3n) is 5.34. The van der Waals surface area contributed by atoms with Crippen molar-refractivity contribution in [2.45, 2.75) is 51.9 Å². The van der Waals surface area contributed by atoms with E-state index in [-0.39, 0.29) is 17.7 Å². The average molecular weight is 332 g/mol. The minimum absolute atomic E-state index is 0.0477. The summed E-state index contributed by atoms with van der Waals surface area (Å²) in [6.07, 6.45) is 7.25. The molecule has 5 nitrogen and oxygen atoms in total. The minimum atomic E-state index is -0.0477. The highest BCUT2D eigenvalue weighted by molar-refractivity contribution is 5.93. The van der Waals surface area contributed by atoms with Gasteiger partial charge in [0.05, 0.1) is 6.26 Å². The second kappa shape index (κ2) is 7.41. The van der Waals surface area contributed by atoms with E-state index >= 15 is 0 Å². The van der Waals surface area contributed by atoms with E-state index in [1.54, 1.807) is 6.26 Å². The molecule has 2 amide bonds. The Hall–Kier alpha value is -1.78. The van der Waals surface area contributed by atoms with E-state index in [1.807, 2.05) is 15.9 Å². The maximum absolute atomic E-state index is 12.7. The van der Waals surface area contributed by atoms with Crippen LogP contribution in [0.25, 0.3) is 0 Å². The van der Waals surface area contributed by atoms with Gasteiger partial charge in [0, 0.05) is 37.7 Å². The van der Waals surface area contributed by atoms with Gasteiger partial charge in [0.1, 0.15) is 0 Å². The Labute approximate surface area is 144 Å². The molecular weight excluding hydrogens is 304 g/mol. The zero-order valence-electron chi connectivity index (χ0n) is 14.8. The quantitative estimate of drug-likeness (QED) is 0.853. The van der Waals surface area contributed by atoms with Gasteiger partial charge < -0.3 is 14.2 Å². The molecule has 5 heteroatoms. The first-order valence-corrected chi connectivity index (χ1v) is 9.23. The highest BCUT2D eigenvalue weighted by atomic mass is 16.3. The smallest absolute Gasteiger partial charge is 0.289 e. The van der Waals surface area contributed by atoms with Crippen LogP contribution in [0.5, 0.6) is 0 Å². The van der Waals surface area contributed by atoms with Crippen molar-refractivity contribution in [3.05, 3.63) is 23.7 Å². The first-order chi connectivity index (χ1) is 11.6. The summed E-state index contributed by atoms with van der Waals surface area (Å²) < 4.78 is 5.44. The molecule has 1 aliphatic carbocycles. The van der Waals surface area contributed by atoms with Crippen LogP contribution in [0.3, 0.4) is 0 Å². The number of furan rings is 1. The van der Waals surface area contributed by atoms with Crippen molar-refractivity contribution in [1.82, 2.24) is 9.80 Å². The molecule has 3 rings (SSSR count). The van der Waals surface area contributed by atoms with Crippen molar-refractivity contribution in [1.29, 1.82) is 0 Å². The summed E-state index contributed by atoms with van der Waals surface area (Å²) in [5.41, 5.74) is 0.959. The van der Waals surface area contributed by atoms with E-state index in [0.717, 1.165) is 18.4 Å². The third kappa shape index (κ3) is 3.50. The number of carbonyl (C=O) groups is 2. The molecule has 2 heterocycles. The number of piperazine rings is 1. The molecule has 2 fully saturated rings. The minimum Gasteiger partial charge on any atom is -0.459 e. The lowest BCUT2D eigenvalue weighted by molar-refractivity contribution is -0.138. The molecule has 24 heavy (non-hydrogen) atoms. The second-order valence-electron chi connectivity index (χ2n) is 7.31. The zero-order valence-corrected chi connectivity index (χ0v) is 14.8. The maximum Gasteiger partial charge on any atom is 0.289 e. The summed E-state index contributed by atoms with van der Waals surface area (Å²) in [4.78, 5) is 29.1. The van der Waals surface area contributed by atoms with Gasteiger partial charge in [0.2, 0.25) is 5.91 Å². The van der Waals surface area contributed by atoms with Crippen molar-refractivity contribution in [3.63, 3.8) is 0 Å². The molecule has 1 aliphatic heterocycles. The fourth-order valence-electron chi connectivity index (χ4n) is 3.83. The van der Waals surface area contributed by atoms with Gasteiger partial charge >= 0.3 is 0 Å². The molecule has 2 aliphatic rings. The van der Waals surface area contributed by atoms with Crippen molar-refractivity contribution in [3.8, 4) is 0 Å². The zero-order chi connectivity index (χ0) is 17.1. The Morgan fingerprint density at radius 1 is 1.04 bits per heavy atom. The van der Waals surface area contributed by atoms with E-state index in [9.17, 15) is 9.59 Å². The topological polar surface area (TPSA) is 53.8 Å². The predicted octanol–water partition coefficient (Wildman–Crippen LogP) is 3.27. The molecule has 1 saturated heterocycles. The molecule has 1 aromatic heterocycles. The van der Waals surface area contributed by atoms with Crippen LogP contribution in [-0.2, 0) is 4.79 Å². The maximum atomic E-state index is 12.7. The number of rotatable bonds is 3. The van der Waals surface area contributed by atoms with E-state index in [0.29, 0.717) is 37.8 Å². The summed E-state index contributed by atoms with van der Waals surface area (Å²) in [5, 5.41) is 0. The van der Waals surface area contributed by atoms with E-state index in [4.69, 9.17) is 4.42 Å². The number of carbonyl (C=O) groups excluding carboxylic acids is 2. The summed E-state index contributed by atoms with van der Waals surface area (Å²) in [7, 11) is 0. The summed E-state index contributed by atoms with van der Waals surface area (Å²) in [5.74, 6) is 1.17. The van der Waals surface area contributed by atoms with Gasteiger partial charge in [-0.05, 0) is 24.8 Å². The lowest BCUT2D eigenvalue weighted by Gasteiger charge is -2.37. The number of amides is 2. The van der Waals surface area contributed by atoms with Crippen molar-refractivity contribution in [2.24, 2.45) is 5.92 Å². The number of hydrogen-bond donors (Lipinski definition) is 0. The molecule has 0 bridgehead atoms. The Bertz CT molecular complexity index is 579. The highest BCUT2D eigenvalue weighted by Gasteiger charge is 2.31. The fourth-order valence-corrected chi connectivity index (χ4v) is 3.83. The Balaban J connectivity index is 1.57. The normalized spacial score (nSPS) is 19.8. The molecule has 0 N–H and O–H groups in total. The first kappa shape index (κ1) is 17.1. The van der Waals surface area contributed by atoms with Crippen LogP contribution in [0.15, 0.2) is 16.7 Å². The van der Waals surface area contributed by atoms with Crippen molar-refractivity contribution >= 4 is 11.8 Å². The van der Waals surface area contributed by atoms with Crippen LogP contribution in [0.2, 0.25) is 0 Å². The van der Waals surface area contributed by atoms with Crippen molar-refractivity contribution in [2.75, 3.05) is 26.2 Å². The molecule has 132 valence electrons. The second-order valence-corrected chi connectivity index (χ2v) is 7.31. The standard InChI is InChI=1S/C19H28N2O3/c1-14(2)16-8-13-24-17(16)19(23)21-11-9-20(10-12-21)18(22)15-6-4-3-5-7-15/h8,13-15H,3-7,9-12H2,1-2H3. The van der Waals surface area contributed by atoms with Crippen LogP contribution >= 0.6 is 0 Å². The summed E-state index contributed by atoms with van der Waals surface area (Å²) >= 11 is 0. The van der Waals surface area contributed by atoms with Gasteiger partial charge in [-0.15, -0.1) is 0 Å². The molecule has 0 radical (unpaired) electrons. The molecule has 0 aromatic carbocycles. The van der Waals surface area contributed by atoms with Crippen LogP contribution in [0.4, 0.5) is 0 Å². The highest BCUT2D eigenvalue weighted by Crippen LogP contribution is 2.26. The van der Waals surface area contributed by atoms with Gasteiger partial charge in [0.15, 0.2) is 5.76 Å². The molecule has 1 saturated carbocycles. The fraction of sp³-hybridized carbons (Fsp3) is 0.684. The SMILES string of the molecule is CC(C)c1ccoc1C(=O)N1CCN(C(=O)C2CCCCC2)CC1. The van der Waals surface area contributed by atoms with Gasteiger partial charge in [-0.25, -0.2) is 0 Å². The molecular formula is C19H28N2O3. The number of nitrogens with zero attached hydrogens (tertiary/aromatic N) is 2. The van der Waals surface area contributed by atoms with E-state index in [2.05, 4.69) is 13.8 Å². The van der Waals surface area contributed by atoms with Crippen LogP contribution in [0.1, 0.15) is 68.0 Å². The van der Waals surface area contributed by atoms with E-state index in [1.165, 1.54) is 19.3 Å². The Kier molecular flexibility index (Phi) is 5.27. The van der Waals surface area contributed by atoms with Gasteiger partial charge in [-0.2, -0.15) is 0 Å². The van der Waals surface area contributed by atoms with Crippen molar-refractivity contribution < 1.29 is 14.0 Å². The number of hydrogen-bond acceptors (Lipinski definition) is 3. The van der Waals surface area contributed by atoms with Gasteiger partial charge in [-0.1, -0.05) is 33.1 Å². The van der Waals surface area contributed by atoms with Crippen LogP contribution in [0, 0.1) is 5.92 Å². The van der Waals surface area contributed by atoms with Gasteiger partial charge in [-0.3, -0.25) is 9.59 Å². The summed E-state index contributed by atoms with van der Waals surface area (Å²) in [6, 6.07) is 1.88. The molecule has 1 aromatic rings. The van der Waals surface area contributed by atoms with E-state index < -0.39 is 0 Å². The molecule has 0 spiro atoms. The Morgan fingerprint density at radius 3 is 2.29 bits per heavy atom. The third-order valence-corrected chi connectivity index (χ3v) is 5.34. The molecule has 0 atom stereocenters. The van der Waals surface area contributed by atoms with Crippen LogP contribution in [-0.4, -0.2) is 47.8 Å². The summed E-state index contributed by atoms with van der Waals surface area (Å²) in [6.45, 7) is 6.58. The first-order valence-electron chi connectivity index (χ1n) is 9.23. The predicted molar refractivity (Wildman–Crippen MR) is 91.9 cm³/mol. The average Bonchev–Trinajstić information content (AvgIpc) is 3.11. The monoisotopic (exact) mass is 332 g/mol. The molecule has 0 unspecified atom stereocenters. The lowest BCUT2D eigenvalue weighted by atomic mass is 9.88. The van der Waals surface area contributed by atoms with Crippen LogP contribution < -0.4 is 0 Å². The Morgan fingerprint density at radius 2 is 1.67 bits per heavy atom.